The van der Waals surface area contributed by atoms with Gasteiger partial charge in [-0.2, -0.15) is 0 Å². The van der Waals surface area contributed by atoms with Gasteiger partial charge in [0.05, 0.1) is 24.6 Å². The Balaban J connectivity index is 1.91. The lowest BCUT2D eigenvalue weighted by Crippen LogP contribution is -2.46. The third-order valence-electron chi connectivity index (χ3n) is 3.00. The first kappa shape index (κ1) is 14.9. The molecule has 1 aromatic heterocycles. The second-order valence-electron chi connectivity index (χ2n) is 4.56. The van der Waals surface area contributed by atoms with Crippen molar-refractivity contribution in [3.8, 4) is 11.8 Å². The van der Waals surface area contributed by atoms with Crippen LogP contribution in [0.2, 0.25) is 0 Å². The Morgan fingerprint density at radius 2 is 2.30 bits per heavy atom. The van der Waals surface area contributed by atoms with Crippen molar-refractivity contribution in [1.29, 1.82) is 0 Å². The van der Waals surface area contributed by atoms with Crippen LogP contribution < -0.4 is 5.73 Å². The number of rotatable bonds is 2. The average molecular weight is 293 g/mol. The van der Waals surface area contributed by atoms with Crippen LogP contribution in [0, 0.1) is 11.8 Å². The van der Waals surface area contributed by atoms with E-state index in [-0.39, 0.29) is 6.03 Å². The molecule has 2 rings (SSSR count). The van der Waals surface area contributed by atoms with Crippen LogP contribution in [0.3, 0.4) is 0 Å². The molecule has 2 N–H and O–H groups in total. The Morgan fingerprint density at radius 3 is 3.00 bits per heavy atom. The summed E-state index contributed by atoms with van der Waals surface area (Å²) in [5.41, 5.74) is 6.45. The largest absolute Gasteiger partial charge is 0.378 e. The summed E-state index contributed by atoms with van der Waals surface area (Å²) >= 11 is 1.58. The molecule has 0 spiro atoms. The molecule has 1 aromatic rings. The van der Waals surface area contributed by atoms with Crippen LogP contribution in [-0.2, 0) is 11.3 Å². The van der Waals surface area contributed by atoms with Crippen molar-refractivity contribution in [2.75, 3.05) is 39.9 Å². The Bertz CT molecular complexity index is 512. The van der Waals surface area contributed by atoms with Crippen molar-refractivity contribution in [1.82, 2.24) is 9.80 Å². The monoisotopic (exact) mass is 293 g/mol. The molecule has 0 atom stereocenters. The van der Waals surface area contributed by atoms with E-state index in [9.17, 15) is 4.79 Å². The third kappa shape index (κ3) is 3.97. The molecule has 0 aliphatic carbocycles. The minimum Gasteiger partial charge on any atom is -0.378 e. The number of hydrogen-bond donors (Lipinski definition) is 1. The molecule has 0 radical (unpaired) electrons. The summed E-state index contributed by atoms with van der Waals surface area (Å²) in [5.74, 6) is 5.83. The molecule has 20 heavy (non-hydrogen) atoms. The molecule has 1 aliphatic heterocycles. The summed E-state index contributed by atoms with van der Waals surface area (Å²) < 4.78 is 5.25. The highest BCUT2D eigenvalue weighted by Gasteiger charge is 2.20. The number of thiophene rings is 1. The molecule has 0 unspecified atom stereocenters. The van der Waals surface area contributed by atoms with E-state index in [2.05, 4.69) is 11.8 Å². The van der Waals surface area contributed by atoms with Crippen LogP contribution in [0.5, 0.6) is 0 Å². The first-order chi connectivity index (χ1) is 9.70. The van der Waals surface area contributed by atoms with Crippen LogP contribution >= 0.6 is 11.3 Å². The molecule has 0 aromatic carbocycles. The lowest BCUT2D eigenvalue weighted by atomic mass is 10.3. The summed E-state index contributed by atoms with van der Waals surface area (Å²) in [6, 6.07) is 2.06. The maximum Gasteiger partial charge on any atom is 0.320 e. The molecule has 2 heterocycles. The molecule has 5 nitrogen and oxygen atoms in total. The number of carbonyl (C=O) groups is 1. The number of hydrogen-bond acceptors (Lipinski definition) is 4. The molecular weight excluding hydrogens is 274 g/mol. The molecule has 6 heteroatoms. The van der Waals surface area contributed by atoms with Gasteiger partial charge in [-0.05, 0) is 17.0 Å². The zero-order valence-electron chi connectivity index (χ0n) is 11.6. The highest BCUT2D eigenvalue weighted by atomic mass is 32.1. The van der Waals surface area contributed by atoms with Crippen LogP contribution in [-0.4, -0.2) is 55.7 Å². The predicted molar refractivity (Wildman–Crippen MR) is 79.5 cm³/mol. The number of urea groups is 1. The number of nitrogens with zero attached hydrogens (tertiary/aromatic N) is 2. The van der Waals surface area contributed by atoms with Crippen molar-refractivity contribution >= 4 is 17.4 Å². The molecule has 1 fully saturated rings. The molecular formula is C14H19N3O2S. The fourth-order valence-electron chi connectivity index (χ4n) is 2.00. The van der Waals surface area contributed by atoms with Gasteiger partial charge < -0.3 is 20.3 Å². The fraction of sp³-hybridized carbons (Fsp3) is 0.500. The normalized spacial score (nSPS) is 14.6. The summed E-state index contributed by atoms with van der Waals surface area (Å²) in [5, 5.41) is 2.03. The van der Waals surface area contributed by atoms with Crippen LogP contribution in [0.1, 0.15) is 10.4 Å². The number of ether oxygens (including phenoxy) is 1. The minimum absolute atomic E-state index is 0.0501. The van der Waals surface area contributed by atoms with Gasteiger partial charge in [0.15, 0.2) is 0 Å². The summed E-state index contributed by atoms with van der Waals surface area (Å²) in [7, 11) is 1.82. The summed E-state index contributed by atoms with van der Waals surface area (Å²) in [4.78, 5) is 16.8. The SMILES string of the molecule is CN(Cc1csc(C#CCN)c1)C(=O)N1CCOCC1. The van der Waals surface area contributed by atoms with E-state index in [4.69, 9.17) is 10.5 Å². The van der Waals surface area contributed by atoms with Gasteiger partial charge in [-0.15, -0.1) is 11.3 Å². The average Bonchev–Trinajstić information content (AvgIpc) is 2.92. The van der Waals surface area contributed by atoms with Gasteiger partial charge in [0.25, 0.3) is 0 Å². The third-order valence-corrected chi connectivity index (χ3v) is 3.89. The Labute approximate surface area is 123 Å². The lowest BCUT2D eigenvalue weighted by Gasteiger charge is -2.30. The highest BCUT2D eigenvalue weighted by molar-refractivity contribution is 7.10. The molecule has 1 saturated heterocycles. The van der Waals surface area contributed by atoms with Gasteiger partial charge in [0.1, 0.15) is 0 Å². The Hall–Kier alpha value is -1.55. The van der Waals surface area contributed by atoms with Gasteiger partial charge in [0.2, 0.25) is 0 Å². The van der Waals surface area contributed by atoms with Gasteiger partial charge in [-0.3, -0.25) is 0 Å². The maximum atomic E-state index is 12.2. The molecule has 2 amide bonds. The minimum atomic E-state index is 0.0501. The lowest BCUT2D eigenvalue weighted by molar-refractivity contribution is 0.0448. The van der Waals surface area contributed by atoms with Crippen molar-refractivity contribution in [3.63, 3.8) is 0 Å². The predicted octanol–water partition coefficient (Wildman–Crippen LogP) is 0.942. The van der Waals surface area contributed by atoms with Crippen molar-refractivity contribution < 1.29 is 9.53 Å². The Morgan fingerprint density at radius 1 is 1.55 bits per heavy atom. The molecule has 0 saturated carbocycles. The second-order valence-corrected chi connectivity index (χ2v) is 5.47. The van der Waals surface area contributed by atoms with E-state index in [0.29, 0.717) is 39.4 Å². The van der Waals surface area contributed by atoms with E-state index in [0.717, 1.165) is 10.4 Å². The summed E-state index contributed by atoms with van der Waals surface area (Å²) in [6.07, 6.45) is 0. The quantitative estimate of drug-likeness (QED) is 0.826. The van der Waals surface area contributed by atoms with Gasteiger partial charge >= 0.3 is 6.03 Å². The number of nitrogens with two attached hydrogens (primary N) is 1. The zero-order valence-corrected chi connectivity index (χ0v) is 12.4. The standard InChI is InChI=1S/C14H19N3O2S/c1-16(14(18)17-5-7-19-8-6-17)10-12-9-13(20-11-12)3-2-4-15/h9,11H,4-8,10,15H2,1H3. The van der Waals surface area contributed by atoms with Crippen LogP contribution in [0.25, 0.3) is 0 Å². The van der Waals surface area contributed by atoms with E-state index >= 15 is 0 Å². The maximum absolute atomic E-state index is 12.2. The highest BCUT2D eigenvalue weighted by Crippen LogP contribution is 2.15. The topological polar surface area (TPSA) is 58.8 Å². The molecule has 1 aliphatic rings. The van der Waals surface area contributed by atoms with E-state index < -0.39 is 0 Å². The van der Waals surface area contributed by atoms with Crippen LogP contribution in [0.4, 0.5) is 4.79 Å². The number of amides is 2. The molecule has 0 bridgehead atoms. The first-order valence-electron chi connectivity index (χ1n) is 6.55. The van der Waals surface area contributed by atoms with Gasteiger partial charge in [0, 0.05) is 26.7 Å². The van der Waals surface area contributed by atoms with E-state index in [1.807, 2.05) is 23.4 Å². The van der Waals surface area contributed by atoms with E-state index in [1.165, 1.54) is 0 Å². The van der Waals surface area contributed by atoms with Gasteiger partial charge in [-0.25, -0.2) is 4.79 Å². The fourth-order valence-corrected chi connectivity index (χ4v) is 2.77. The first-order valence-corrected chi connectivity index (χ1v) is 7.43. The van der Waals surface area contributed by atoms with E-state index in [1.54, 1.807) is 16.2 Å². The summed E-state index contributed by atoms with van der Waals surface area (Å²) in [6.45, 7) is 3.54. The van der Waals surface area contributed by atoms with Crippen LogP contribution in [0.15, 0.2) is 11.4 Å². The second kappa shape index (κ2) is 7.29. The smallest absolute Gasteiger partial charge is 0.320 e. The van der Waals surface area contributed by atoms with Gasteiger partial charge in [-0.1, -0.05) is 11.8 Å². The number of morpholine rings is 1. The Kier molecular flexibility index (Phi) is 5.41. The van der Waals surface area contributed by atoms with Crippen molar-refractivity contribution in [2.45, 2.75) is 6.54 Å². The number of carbonyl (C=O) groups excluding carboxylic acids is 1. The zero-order chi connectivity index (χ0) is 14.4. The van der Waals surface area contributed by atoms with Crippen molar-refractivity contribution in [2.24, 2.45) is 5.73 Å². The van der Waals surface area contributed by atoms with Crippen molar-refractivity contribution in [3.05, 3.63) is 21.9 Å². The molecule has 108 valence electrons.